The second-order valence-electron chi connectivity index (χ2n) is 3.34. The average molecular weight is 215 g/mol. The molecule has 0 spiro atoms. The summed E-state index contributed by atoms with van der Waals surface area (Å²) in [6.07, 6.45) is 5.71. The number of hydrogen-bond acceptors (Lipinski definition) is 2. The number of carboxylic acids is 1. The van der Waals surface area contributed by atoms with Gasteiger partial charge in [0.1, 0.15) is 0 Å². The van der Waals surface area contributed by atoms with Crippen LogP contribution in [0.2, 0.25) is 0 Å². The summed E-state index contributed by atoms with van der Waals surface area (Å²) in [5, 5.41) is 10.9. The zero-order valence-corrected chi connectivity index (χ0v) is 8.31. The first-order valence-corrected chi connectivity index (χ1v) is 4.69. The van der Waals surface area contributed by atoms with Gasteiger partial charge in [0.05, 0.1) is 0 Å². The Hall–Kier alpha value is -2.36. The highest BCUT2D eigenvalue weighted by molar-refractivity contribution is 6.02. The maximum absolute atomic E-state index is 11.3. The number of amides is 1. The minimum atomic E-state index is -1.14. The van der Waals surface area contributed by atoms with Crippen molar-refractivity contribution >= 4 is 29.7 Å². The van der Waals surface area contributed by atoms with E-state index in [-0.39, 0.29) is 0 Å². The second-order valence-corrected chi connectivity index (χ2v) is 3.34. The fourth-order valence-electron chi connectivity index (χ4n) is 1.36. The summed E-state index contributed by atoms with van der Waals surface area (Å²) in [4.78, 5) is 21.4. The van der Waals surface area contributed by atoms with Gasteiger partial charge in [0.2, 0.25) is 5.91 Å². The normalized spacial score (nSPS) is 12.0. The molecule has 0 atom stereocenters. The highest BCUT2D eigenvalue weighted by Gasteiger charge is 2.06. The SMILES string of the molecule is O=C(O)/C=C\C(=O)Nc1ccc2c(c1)C=C2. The van der Waals surface area contributed by atoms with Gasteiger partial charge in [0, 0.05) is 17.8 Å². The number of carbonyl (C=O) groups is 2. The van der Waals surface area contributed by atoms with E-state index in [2.05, 4.69) is 5.32 Å². The molecule has 0 saturated heterocycles. The summed E-state index contributed by atoms with van der Waals surface area (Å²) in [5.41, 5.74) is 2.86. The minimum absolute atomic E-state index is 0.453. The Morgan fingerprint density at radius 2 is 1.88 bits per heavy atom. The summed E-state index contributed by atoms with van der Waals surface area (Å²) in [7, 11) is 0. The first-order chi connectivity index (χ1) is 7.65. The van der Waals surface area contributed by atoms with Crippen LogP contribution < -0.4 is 5.32 Å². The Bertz CT molecular complexity index is 515. The van der Waals surface area contributed by atoms with Crippen LogP contribution in [0, 0.1) is 0 Å². The van der Waals surface area contributed by atoms with Crippen molar-refractivity contribution in [2.24, 2.45) is 0 Å². The number of nitrogens with one attached hydrogen (secondary N) is 1. The lowest BCUT2D eigenvalue weighted by Gasteiger charge is -2.11. The molecule has 0 unspecified atom stereocenters. The number of aliphatic carboxylic acids is 1. The smallest absolute Gasteiger partial charge is 0.328 e. The van der Waals surface area contributed by atoms with Crippen molar-refractivity contribution in [1.82, 2.24) is 0 Å². The van der Waals surface area contributed by atoms with Gasteiger partial charge in [-0.3, -0.25) is 4.79 Å². The number of hydrogen-bond donors (Lipinski definition) is 2. The van der Waals surface area contributed by atoms with Gasteiger partial charge < -0.3 is 10.4 Å². The van der Waals surface area contributed by atoms with E-state index in [0.29, 0.717) is 5.69 Å². The number of carbonyl (C=O) groups excluding carboxylic acids is 1. The van der Waals surface area contributed by atoms with E-state index in [9.17, 15) is 9.59 Å². The highest BCUT2D eigenvalue weighted by Crippen LogP contribution is 2.26. The largest absolute Gasteiger partial charge is 0.478 e. The van der Waals surface area contributed by atoms with Crippen LogP contribution in [-0.4, -0.2) is 17.0 Å². The number of carboxylic acid groups (broad SMARTS) is 1. The minimum Gasteiger partial charge on any atom is -0.478 e. The maximum atomic E-state index is 11.3. The fourth-order valence-corrected chi connectivity index (χ4v) is 1.36. The molecule has 0 saturated carbocycles. The molecule has 0 heterocycles. The molecule has 0 bridgehead atoms. The van der Waals surface area contributed by atoms with Crippen molar-refractivity contribution in [3.8, 4) is 0 Å². The van der Waals surface area contributed by atoms with E-state index in [0.717, 1.165) is 23.3 Å². The standard InChI is InChI=1S/C12H9NO3/c14-11(5-6-12(15)16)13-10-4-3-8-1-2-9(8)7-10/h1-7H,(H,13,14)(H,15,16)/b6-5-. The monoisotopic (exact) mass is 215 g/mol. The van der Waals surface area contributed by atoms with Gasteiger partial charge in [-0.15, -0.1) is 0 Å². The van der Waals surface area contributed by atoms with Crippen molar-refractivity contribution in [2.75, 3.05) is 5.32 Å². The Kier molecular flexibility index (Phi) is 2.55. The molecule has 0 radical (unpaired) electrons. The zero-order valence-electron chi connectivity index (χ0n) is 8.31. The molecular formula is C12H9NO3. The third-order valence-corrected chi connectivity index (χ3v) is 2.17. The molecule has 80 valence electrons. The van der Waals surface area contributed by atoms with Crippen LogP contribution >= 0.6 is 0 Å². The molecule has 16 heavy (non-hydrogen) atoms. The molecule has 2 rings (SSSR count). The molecule has 1 aromatic rings. The molecule has 1 aliphatic rings. The first kappa shape index (κ1) is 10.2. The van der Waals surface area contributed by atoms with Crippen molar-refractivity contribution in [3.63, 3.8) is 0 Å². The fraction of sp³-hybridized carbons (Fsp3) is 0. The number of anilines is 1. The van der Waals surface area contributed by atoms with Crippen LogP contribution in [0.4, 0.5) is 5.69 Å². The van der Waals surface area contributed by atoms with E-state index < -0.39 is 11.9 Å². The summed E-state index contributed by atoms with van der Waals surface area (Å²) in [6, 6.07) is 5.50. The molecule has 4 heteroatoms. The van der Waals surface area contributed by atoms with Crippen LogP contribution in [0.1, 0.15) is 11.1 Å². The summed E-state index contributed by atoms with van der Waals surface area (Å²) in [6.45, 7) is 0. The summed E-state index contributed by atoms with van der Waals surface area (Å²) < 4.78 is 0. The zero-order chi connectivity index (χ0) is 11.5. The van der Waals surface area contributed by atoms with E-state index >= 15 is 0 Å². The van der Waals surface area contributed by atoms with Crippen LogP contribution in [0.15, 0.2) is 30.4 Å². The molecule has 0 aromatic heterocycles. The Morgan fingerprint density at radius 1 is 1.12 bits per heavy atom. The average Bonchev–Trinajstić information content (AvgIpc) is 2.19. The van der Waals surface area contributed by atoms with Gasteiger partial charge >= 0.3 is 5.97 Å². The van der Waals surface area contributed by atoms with Crippen LogP contribution in [0.25, 0.3) is 12.2 Å². The predicted molar refractivity (Wildman–Crippen MR) is 60.8 cm³/mol. The van der Waals surface area contributed by atoms with Crippen molar-refractivity contribution in [2.45, 2.75) is 0 Å². The quantitative estimate of drug-likeness (QED) is 0.766. The van der Waals surface area contributed by atoms with Gasteiger partial charge in [-0.1, -0.05) is 18.2 Å². The predicted octanol–water partition coefficient (Wildman–Crippen LogP) is 1.75. The van der Waals surface area contributed by atoms with Gasteiger partial charge in [0.15, 0.2) is 0 Å². The highest BCUT2D eigenvalue weighted by atomic mass is 16.4. The lowest BCUT2D eigenvalue weighted by atomic mass is 9.97. The Labute approximate surface area is 91.9 Å². The summed E-state index contributed by atoms with van der Waals surface area (Å²) >= 11 is 0. The van der Waals surface area contributed by atoms with Crippen molar-refractivity contribution < 1.29 is 14.7 Å². The lowest BCUT2D eigenvalue weighted by Crippen LogP contribution is -2.09. The van der Waals surface area contributed by atoms with Crippen LogP contribution in [-0.2, 0) is 9.59 Å². The molecule has 2 N–H and O–H groups in total. The maximum Gasteiger partial charge on any atom is 0.328 e. The second kappa shape index (κ2) is 4.02. The molecule has 4 nitrogen and oxygen atoms in total. The van der Waals surface area contributed by atoms with E-state index in [1.165, 1.54) is 0 Å². The topological polar surface area (TPSA) is 66.4 Å². The lowest BCUT2D eigenvalue weighted by molar-refractivity contribution is -0.131. The van der Waals surface area contributed by atoms with Gasteiger partial charge in [-0.05, 0) is 23.3 Å². The van der Waals surface area contributed by atoms with Crippen LogP contribution in [0.5, 0.6) is 0 Å². The van der Waals surface area contributed by atoms with E-state index in [1.54, 1.807) is 6.07 Å². The van der Waals surface area contributed by atoms with Gasteiger partial charge in [-0.25, -0.2) is 4.79 Å². The van der Waals surface area contributed by atoms with E-state index in [4.69, 9.17) is 5.11 Å². The number of benzene rings is 1. The molecule has 1 amide bonds. The summed E-state index contributed by atoms with van der Waals surface area (Å²) in [5.74, 6) is -1.60. The first-order valence-electron chi connectivity index (χ1n) is 4.69. The Morgan fingerprint density at radius 3 is 2.44 bits per heavy atom. The molecule has 0 aliphatic heterocycles. The molecule has 1 aromatic carbocycles. The number of rotatable bonds is 3. The van der Waals surface area contributed by atoms with Gasteiger partial charge in [0.25, 0.3) is 0 Å². The molecular weight excluding hydrogens is 206 g/mol. The Balaban J connectivity index is 2.02. The van der Waals surface area contributed by atoms with Crippen molar-refractivity contribution in [3.05, 3.63) is 41.5 Å². The van der Waals surface area contributed by atoms with Crippen LogP contribution in [0.3, 0.4) is 0 Å². The van der Waals surface area contributed by atoms with Gasteiger partial charge in [-0.2, -0.15) is 0 Å². The van der Waals surface area contributed by atoms with E-state index in [1.807, 2.05) is 24.3 Å². The number of fused-ring (bicyclic) bond motifs is 1. The third-order valence-electron chi connectivity index (χ3n) is 2.17. The molecule has 0 fully saturated rings. The third kappa shape index (κ3) is 2.17. The molecule has 1 aliphatic carbocycles. The van der Waals surface area contributed by atoms with Crippen molar-refractivity contribution in [1.29, 1.82) is 0 Å².